The minimum atomic E-state index is -0.361. The van der Waals surface area contributed by atoms with Crippen molar-refractivity contribution in [1.82, 2.24) is 0 Å². The Kier molecular flexibility index (Phi) is 6.31. The summed E-state index contributed by atoms with van der Waals surface area (Å²) in [7, 11) is 1.45. The quantitative estimate of drug-likeness (QED) is 0.546. The van der Waals surface area contributed by atoms with E-state index < -0.39 is 0 Å². The van der Waals surface area contributed by atoms with Crippen molar-refractivity contribution in [1.29, 1.82) is 0 Å². The number of benzene rings is 1. The predicted octanol–water partition coefficient (Wildman–Crippen LogP) is 4.64. The Hall–Kier alpha value is -0.750. The average molecular weight is 385 g/mol. The van der Waals surface area contributed by atoms with Crippen LogP contribution < -0.4 is 0 Å². The number of carbonyl (C=O) groups is 1. The van der Waals surface area contributed by atoms with Crippen molar-refractivity contribution in [3.8, 4) is 0 Å². The zero-order valence-corrected chi connectivity index (χ0v) is 16.3. The number of thioether (sulfide) groups is 1. The van der Waals surface area contributed by atoms with Crippen LogP contribution in [-0.2, 0) is 19.0 Å². The summed E-state index contributed by atoms with van der Waals surface area (Å²) in [5.74, 6) is -0.369. The van der Waals surface area contributed by atoms with Crippen molar-refractivity contribution in [3.05, 3.63) is 28.8 Å². The molecular formula is C19H25ClO4S. The summed E-state index contributed by atoms with van der Waals surface area (Å²) in [6.07, 6.45) is 6.57. The van der Waals surface area contributed by atoms with Gasteiger partial charge in [0.05, 0.1) is 31.3 Å². The van der Waals surface area contributed by atoms with Gasteiger partial charge in [-0.1, -0.05) is 17.7 Å². The molecule has 1 aromatic rings. The highest BCUT2D eigenvalue weighted by atomic mass is 35.5. The molecule has 0 aromatic heterocycles. The van der Waals surface area contributed by atoms with Crippen LogP contribution in [0.25, 0.3) is 0 Å². The second-order valence-corrected chi connectivity index (χ2v) is 8.01. The Labute approximate surface area is 158 Å². The summed E-state index contributed by atoms with van der Waals surface area (Å²) in [5, 5.41) is 0.689. The number of rotatable bonds is 5. The molecule has 6 heteroatoms. The van der Waals surface area contributed by atoms with Gasteiger partial charge >= 0.3 is 5.97 Å². The molecule has 138 valence electrons. The van der Waals surface area contributed by atoms with E-state index in [9.17, 15) is 4.79 Å². The van der Waals surface area contributed by atoms with Crippen LogP contribution in [0.1, 0.15) is 43.6 Å². The van der Waals surface area contributed by atoms with Crippen LogP contribution in [0, 0.1) is 5.92 Å². The van der Waals surface area contributed by atoms with E-state index in [1.54, 1.807) is 11.8 Å². The van der Waals surface area contributed by atoms with Gasteiger partial charge in [-0.15, -0.1) is 11.8 Å². The molecule has 1 spiro atoms. The third-order valence-corrected chi connectivity index (χ3v) is 6.53. The van der Waals surface area contributed by atoms with E-state index in [2.05, 4.69) is 0 Å². The normalized spacial score (nSPS) is 21.4. The maximum Gasteiger partial charge on any atom is 0.313 e. The van der Waals surface area contributed by atoms with Crippen molar-refractivity contribution < 1.29 is 19.0 Å². The summed E-state index contributed by atoms with van der Waals surface area (Å²) in [5.41, 5.74) is 0.934. The van der Waals surface area contributed by atoms with E-state index in [0.29, 0.717) is 24.2 Å². The monoisotopic (exact) mass is 384 g/mol. The van der Waals surface area contributed by atoms with Crippen LogP contribution in [0.15, 0.2) is 23.1 Å². The maximum absolute atomic E-state index is 12.4. The standard InChI is InChI=1S/C19H25ClO4S/c1-22-18(21)15(14-3-4-17(25-2)16(20)12-14)11-13-5-7-19(8-6-13)23-9-10-24-19/h3-4,12-13,15H,5-11H2,1-2H3. The molecule has 1 aliphatic carbocycles. The van der Waals surface area contributed by atoms with Crippen molar-refractivity contribution in [3.63, 3.8) is 0 Å². The molecule has 2 aliphatic rings. The maximum atomic E-state index is 12.4. The second-order valence-electron chi connectivity index (χ2n) is 6.76. The number of carbonyl (C=O) groups excluding carboxylic acids is 1. The minimum absolute atomic E-state index is 0.193. The fourth-order valence-corrected chi connectivity index (χ4v) is 4.76. The SMILES string of the molecule is COC(=O)C(CC1CCC2(CC1)OCCO2)c1ccc(SC)c(Cl)c1. The molecule has 1 aromatic carbocycles. The summed E-state index contributed by atoms with van der Waals surface area (Å²) in [6.45, 7) is 1.38. The molecule has 1 aliphatic heterocycles. The van der Waals surface area contributed by atoms with Crippen LogP contribution in [0.3, 0.4) is 0 Å². The molecule has 1 saturated heterocycles. The molecule has 0 amide bonds. The predicted molar refractivity (Wildman–Crippen MR) is 99.2 cm³/mol. The van der Waals surface area contributed by atoms with Gasteiger partial charge in [-0.2, -0.15) is 0 Å². The number of methoxy groups -OCH3 is 1. The van der Waals surface area contributed by atoms with Crippen molar-refractivity contribution >= 4 is 29.3 Å². The van der Waals surface area contributed by atoms with E-state index >= 15 is 0 Å². The van der Waals surface area contributed by atoms with Gasteiger partial charge in [-0.05, 0) is 49.1 Å². The lowest BCUT2D eigenvalue weighted by atomic mass is 9.78. The molecule has 1 unspecified atom stereocenters. The molecule has 0 N–H and O–H groups in total. The third kappa shape index (κ3) is 4.33. The smallest absolute Gasteiger partial charge is 0.313 e. The van der Waals surface area contributed by atoms with Gasteiger partial charge in [-0.3, -0.25) is 4.79 Å². The van der Waals surface area contributed by atoms with E-state index in [-0.39, 0.29) is 17.7 Å². The molecule has 0 bridgehead atoms. The fraction of sp³-hybridized carbons (Fsp3) is 0.632. The van der Waals surface area contributed by atoms with Crippen LogP contribution in [0.4, 0.5) is 0 Å². The van der Waals surface area contributed by atoms with E-state index in [4.69, 9.17) is 25.8 Å². The van der Waals surface area contributed by atoms with Crippen LogP contribution >= 0.6 is 23.4 Å². The summed E-state index contributed by atoms with van der Waals surface area (Å²) < 4.78 is 16.7. The molecule has 2 fully saturated rings. The van der Waals surface area contributed by atoms with Crippen molar-refractivity contribution in [2.45, 2.75) is 48.7 Å². The first kappa shape index (κ1) is 19.0. The first-order valence-corrected chi connectivity index (χ1v) is 10.4. The zero-order chi connectivity index (χ0) is 17.9. The van der Waals surface area contributed by atoms with Gasteiger partial charge in [0.2, 0.25) is 0 Å². The van der Waals surface area contributed by atoms with Crippen LogP contribution in [0.2, 0.25) is 5.02 Å². The largest absolute Gasteiger partial charge is 0.469 e. The number of ether oxygens (including phenoxy) is 3. The Morgan fingerprint density at radius 1 is 1.36 bits per heavy atom. The molecule has 4 nitrogen and oxygen atoms in total. The lowest BCUT2D eigenvalue weighted by Gasteiger charge is -2.36. The van der Waals surface area contributed by atoms with E-state index in [0.717, 1.165) is 42.6 Å². The second kappa shape index (κ2) is 8.30. The first-order valence-electron chi connectivity index (χ1n) is 8.76. The number of hydrogen-bond donors (Lipinski definition) is 0. The van der Waals surface area contributed by atoms with Gasteiger partial charge in [0.25, 0.3) is 0 Å². The first-order chi connectivity index (χ1) is 12.1. The molecule has 1 atom stereocenters. The lowest BCUT2D eigenvalue weighted by Crippen LogP contribution is -2.35. The summed E-state index contributed by atoms with van der Waals surface area (Å²) >= 11 is 7.94. The summed E-state index contributed by atoms with van der Waals surface area (Å²) in [6, 6.07) is 5.88. The molecule has 1 heterocycles. The van der Waals surface area contributed by atoms with Crippen molar-refractivity contribution in [2.75, 3.05) is 26.6 Å². The Bertz CT molecular complexity index is 605. The highest BCUT2D eigenvalue weighted by Gasteiger charge is 2.41. The molecular weight excluding hydrogens is 360 g/mol. The molecule has 25 heavy (non-hydrogen) atoms. The number of esters is 1. The molecule has 1 saturated carbocycles. The zero-order valence-electron chi connectivity index (χ0n) is 14.8. The van der Waals surface area contributed by atoms with Crippen molar-refractivity contribution in [2.24, 2.45) is 5.92 Å². The topological polar surface area (TPSA) is 44.8 Å². The highest BCUT2D eigenvalue weighted by molar-refractivity contribution is 7.98. The van der Waals surface area contributed by atoms with Crippen LogP contribution in [-0.4, -0.2) is 38.3 Å². The Morgan fingerprint density at radius 2 is 2.04 bits per heavy atom. The average Bonchev–Trinajstić information content (AvgIpc) is 3.09. The number of hydrogen-bond acceptors (Lipinski definition) is 5. The molecule has 0 radical (unpaired) electrons. The van der Waals surface area contributed by atoms with Crippen LogP contribution in [0.5, 0.6) is 0 Å². The molecule has 3 rings (SSSR count). The fourth-order valence-electron chi connectivity index (χ4n) is 3.88. The minimum Gasteiger partial charge on any atom is -0.469 e. The van der Waals surface area contributed by atoms with E-state index in [1.165, 1.54) is 7.11 Å². The van der Waals surface area contributed by atoms with Gasteiger partial charge in [-0.25, -0.2) is 0 Å². The Balaban J connectivity index is 1.69. The van der Waals surface area contributed by atoms with Gasteiger partial charge in [0.15, 0.2) is 5.79 Å². The van der Waals surface area contributed by atoms with E-state index in [1.807, 2.05) is 24.5 Å². The highest BCUT2D eigenvalue weighted by Crippen LogP contribution is 2.42. The third-order valence-electron chi connectivity index (χ3n) is 5.31. The van der Waals surface area contributed by atoms with Gasteiger partial charge in [0.1, 0.15) is 0 Å². The van der Waals surface area contributed by atoms with Gasteiger partial charge in [0, 0.05) is 17.7 Å². The van der Waals surface area contributed by atoms with Gasteiger partial charge < -0.3 is 14.2 Å². The Morgan fingerprint density at radius 3 is 2.60 bits per heavy atom. The lowest BCUT2D eigenvalue weighted by molar-refractivity contribution is -0.183. The number of halogens is 1. The summed E-state index contributed by atoms with van der Waals surface area (Å²) in [4.78, 5) is 13.4.